The zero-order valence-electron chi connectivity index (χ0n) is 16.6. The molecule has 5 nitrogen and oxygen atoms in total. The minimum absolute atomic E-state index is 0.119. The van der Waals surface area contributed by atoms with Crippen molar-refractivity contribution in [2.45, 2.75) is 13.3 Å². The number of amides is 1. The maximum absolute atomic E-state index is 12.4. The number of benzene rings is 3. The fourth-order valence-corrected chi connectivity index (χ4v) is 3.36. The second-order valence-electron chi connectivity index (χ2n) is 7.00. The average molecular weight is 399 g/mol. The summed E-state index contributed by atoms with van der Waals surface area (Å²) in [5.41, 5.74) is 4.13. The van der Waals surface area contributed by atoms with E-state index in [1.165, 1.54) is 0 Å². The number of rotatable bonds is 6. The van der Waals surface area contributed by atoms with Crippen molar-refractivity contribution in [2.75, 3.05) is 11.9 Å². The molecule has 0 bridgehead atoms. The number of furan rings is 1. The van der Waals surface area contributed by atoms with Crippen LogP contribution in [0.5, 0.6) is 0 Å². The second-order valence-corrected chi connectivity index (χ2v) is 7.00. The lowest BCUT2D eigenvalue weighted by atomic mass is 10.0. The zero-order chi connectivity index (χ0) is 20.9. The van der Waals surface area contributed by atoms with Gasteiger partial charge in [-0.15, -0.1) is 0 Å². The van der Waals surface area contributed by atoms with Crippen LogP contribution in [0.4, 0.5) is 5.69 Å². The molecular formula is C25H21NO4. The van der Waals surface area contributed by atoms with Gasteiger partial charge in [-0.3, -0.25) is 4.79 Å². The van der Waals surface area contributed by atoms with E-state index < -0.39 is 18.5 Å². The lowest BCUT2D eigenvalue weighted by Gasteiger charge is -2.11. The summed E-state index contributed by atoms with van der Waals surface area (Å²) in [6, 6.07) is 25.0. The molecule has 3 aromatic carbocycles. The Hall–Kier alpha value is -3.86. The highest BCUT2D eigenvalue weighted by Crippen LogP contribution is 2.25. The quantitative estimate of drug-likeness (QED) is 0.457. The number of anilines is 1. The molecule has 1 heterocycles. The van der Waals surface area contributed by atoms with Gasteiger partial charge in [-0.25, -0.2) is 4.79 Å². The number of carbonyl (C=O) groups excluding carboxylic acids is 2. The van der Waals surface area contributed by atoms with Crippen molar-refractivity contribution in [3.8, 4) is 0 Å². The van der Waals surface area contributed by atoms with Crippen LogP contribution in [0.25, 0.3) is 11.0 Å². The molecule has 30 heavy (non-hydrogen) atoms. The van der Waals surface area contributed by atoms with Gasteiger partial charge in [0.15, 0.2) is 6.61 Å². The fourth-order valence-electron chi connectivity index (χ4n) is 3.36. The van der Waals surface area contributed by atoms with E-state index in [-0.39, 0.29) is 5.76 Å². The Balaban J connectivity index is 1.40. The van der Waals surface area contributed by atoms with Crippen LogP contribution in [-0.2, 0) is 16.0 Å². The molecule has 0 aliphatic carbocycles. The van der Waals surface area contributed by atoms with Crippen LogP contribution >= 0.6 is 0 Å². The first kappa shape index (κ1) is 19.5. The molecule has 0 unspecified atom stereocenters. The van der Waals surface area contributed by atoms with Gasteiger partial charge in [-0.05, 0) is 36.6 Å². The number of carbonyl (C=O) groups is 2. The van der Waals surface area contributed by atoms with Crippen LogP contribution in [0.1, 0.15) is 27.2 Å². The van der Waals surface area contributed by atoms with E-state index in [1.54, 1.807) is 13.0 Å². The average Bonchev–Trinajstić information content (AvgIpc) is 3.11. The number of esters is 1. The van der Waals surface area contributed by atoms with E-state index in [9.17, 15) is 9.59 Å². The number of hydrogen-bond acceptors (Lipinski definition) is 4. The summed E-state index contributed by atoms with van der Waals surface area (Å²) in [5.74, 6) is -0.942. The molecule has 0 spiro atoms. The first-order valence-corrected chi connectivity index (χ1v) is 9.69. The summed E-state index contributed by atoms with van der Waals surface area (Å²) < 4.78 is 10.8. The molecule has 150 valence electrons. The van der Waals surface area contributed by atoms with Gasteiger partial charge in [0.1, 0.15) is 5.58 Å². The van der Waals surface area contributed by atoms with Crippen molar-refractivity contribution >= 4 is 28.5 Å². The van der Waals surface area contributed by atoms with E-state index in [0.717, 1.165) is 16.5 Å². The molecule has 5 heteroatoms. The van der Waals surface area contributed by atoms with Crippen molar-refractivity contribution < 1.29 is 18.7 Å². The smallest absolute Gasteiger partial charge is 0.375 e. The standard InChI is InChI=1S/C25H21NO4/c1-17-20-12-6-8-14-22(20)30-24(17)25(28)29-16-23(27)26-21-13-7-5-11-19(21)15-18-9-3-2-4-10-18/h2-14H,15-16H2,1H3,(H,26,27). The summed E-state index contributed by atoms with van der Waals surface area (Å²) in [4.78, 5) is 24.8. The van der Waals surface area contributed by atoms with Crippen LogP contribution in [-0.4, -0.2) is 18.5 Å². The molecule has 0 aliphatic rings. The maximum Gasteiger partial charge on any atom is 0.375 e. The van der Waals surface area contributed by atoms with E-state index in [0.29, 0.717) is 23.3 Å². The first-order chi connectivity index (χ1) is 14.6. The molecule has 4 aromatic rings. The molecule has 0 fully saturated rings. The SMILES string of the molecule is Cc1c(C(=O)OCC(=O)Nc2ccccc2Cc2ccccc2)oc2ccccc12. The highest BCUT2D eigenvalue weighted by atomic mass is 16.5. The van der Waals surface area contributed by atoms with Gasteiger partial charge in [-0.1, -0.05) is 66.7 Å². The third-order valence-corrected chi connectivity index (χ3v) is 4.89. The maximum atomic E-state index is 12.4. The molecule has 1 N–H and O–H groups in total. The minimum Gasteiger partial charge on any atom is -0.450 e. The molecule has 1 amide bonds. The zero-order valence-corrected chi connectivity index (χ0v) is 16.6. The summed E-state index contributed by atoms with van der Waals surface area (Å²) in [5, 5.41) is 3.68. The Morgan fingerprint density at radius 2 is 1.60 bits per heavy atom. The van der Waals surface area contributed by atoms with E-state index >= 15 is 0 Å². The second kappa shape index (κ2) is 8.66. The topological polar surface area (TPSA) is 68.5 Å². The van der Waals surface area contributed by atoms with Crippen LogP contribution in [0.2, 0.25) is 0 Å². The number of hydrogen-bond donors (Lipinski definition) is 1. The molecule has 0 atom stereocenters. The molecule has 0 saturated heterocycles. The Labute approximate surface area is 174 Å². The summed E-state index contributed by atoms with van der Waals surface area (Å²) in [7, 11) is 0. The number of para-hydroxylation sites is 2. The van der Waals surface area contributed by atoms with Gasteiger partial charge in [0.05, 0.1) is 0 Å². The van der Waals surface area contributed by atoms with Gasteiger partial charge in [0, 0.05) is 16.6 Å². The van der Waals surface area contributed by atoms with E-state index in [2.05, 4.69) is 5.32 Å². The lowest BCUT2D eigenvalue weighted by molar-refractivity contribution is -0.119. The summed E-state index contributed by atoms with van der Waals surface area (Å²) in [6.45, 7) is 1.40. The van der Waals surface area contributed by atoms with Crippen LogP contribution in [0, 0.1) is 6.92 Å². The Morgan fingerprint density at radius 1 is 0.900 bits per heavy atom. The van der Waals surface area contributed by atoms with Gasteiger partial charge < -0.3 is 14.5 Å². The minimum atomic E-state index is -0.656. The Kier molecular flexibility index (Phi) is 5.61. The Morgan fingerprint density at radius 3 is 2.40 bits per heavy atom. The normalized spacial score (nSPS) is 10.7. The number of aryl methyl sites for hydroxylation is 1. The molecular weight excluding hydrogens is 378 g/mol. The monoisotopic (exact) mass is 399 g/mol. The first-order valence-electron chi connectivity index (χ1n) is 9.69. The number of nitrogens with one attached hydrogen (secondary N) is 1. The third-order valence-electron chi connectivity index (χ3n) is 4.89. The fraction of sp³-hybridized carbons (Fsp3) is 0.120. The van der Waals surface area contributed by atoms with Crippen molar-refractivity contribution in [3.05, 3.63) is 101 Å². The highest BCUT2D eigenvalue weighted by molar-refractivity contribution is 5.98. The summed E-state index contributed by atoms with van der Waals surface area (Å²) >= 11 is 0. The highest BCUT2D eigenvalue weighted by Gasteiger charge is 2.20. The predicted octanol–water partition coefficient (Wildman–Crippen LogP) is 5.13. The van der Waals surface area contributed by atoms with E-state index in [4.69, 9.17) is 9.15 Å². The Bertz CT molecular complexity index is 1190. The van der Waals surface area contributed by atoms with Gasteiger partial charge in [0.2, 0.25) is 5.76 Å². The summed E-state index contributed by atoms with van der Waals surface area (Å²) in [6.07, 6.45) is 0.690. The largest absolute Gasteiger partial charge is 0.450 e. The number of fused-ring (bicyclic) bond motifs is 1. The molecule has 1 aromatic heterocycles. The molecule has 0 radical (unpaired) electrons. The third kappa shape index (κ3) is 4.25. The lowest BCUT2D eigenvalue weighted by Crippen LogP contribution is -2.21. The van der Waals surface area contributed by atoms with Crippen LogP contribution < -0.4 is 5.32 Å². The van der Waals surface area contributed by atoms with Gasteiger partial charge in [-0.2, -0.15) is 0 Å². The van der Waals surface area contributed by atoms with Crippen molar-refractivity contribution in [1.29, 1.82) is 0 Å². The number of ether oxygens (including phenoxy) is 1. The molecule has 4 rings (SSSR count). The molecule has 0 saturated carbocycles. The van der Waals surface area contributed by atoms with Crippen molar-refractivity contribution in [3.63, 3.8) is 0 Å². The van der Waals surface area contributed by atoms with Crippen LogP contribution in [0.15, 0.2) is 83.3 Å². The van der Waals surface area contributed by atoms with Gasteiger partial charge >= 0.3 is 5.97 Å². The van der Waals surface area contributed by atoms with Gasteiger partial charge in [0.25, 0.3) is 5.91 Å². The predicted molar refractivity (Wildman–Crippen MR) is 116 cm³/mol. The van der Waals surface area contributed by atoms with Crippen molar-refractivity contribution in [2.24, 2.45) is 0 Å². The van der Waals surface area contributed by atoms with E-state index in [1.807, 2.05) is 72.8 Å². The van der Waals surface area contributed by atoms with Crippen LogP contribution in [0.3, 0.4) is 0 Å². The molecule has 0 aliphatic heterocycles. The van der Waals surface area contributed by atoms with Crippen molar-refractivity contribution in [1.82, 2.24) is 0 Å².